The highest BCUT2D eigenvalue weighted by Gasteiger charge is 2.30. The van der Waals surface area contributed by atoms with Crippen molar-refractivity contribution in [1.29, 1.82) is 0 Å². The van der Waals surface area contributed by atoms with E-state index >= 15 is 0 Å². The standard InChI is InChI=1S/C14H15N3O4/c15-13(20)10-5-6-17(8-10)14(21)11-3-1-9(7-16-11)2-4-12(18)19/h1-4,7,10H,5-6,8H2,(H2,15,20)(H,18,19)/b4-2+. The van der Waals surface area contributed by atoms with Gasteiger partial charge in [0.25, 0.3) is 5.91 Å². The minimum Gasteiger partial charge on any atom is -0.478 e. The Morgan fingerprint density at radius 3 is 2.67 bits per heavy atom. The number of nitrogens with two attached hydrogens (primary N) is 1. The van der Waals surface area contributed by atoms with Crippen LogP contribution < -0.4 is 5.73 Å². The highest BCUT2D eigenvalue weighted by atomic mass is 16.4. The Bertz CT molecular complexity index is 595. The number of likely N-dealkylation sites (tertiary alicyclic amines) is 1. The van der Waals surface area contributed by atoms with E-state index in [9.17, 15) is 14.4 Å². The molecule has 21 heavy (non-hydrogen) atoms. The zero-order valence-electron chi connectivity index (χ0n) is 11.2. The number of hydrogen-bond acceptors (Lipinski definition) is 4. The molecule has 1 unspecified atom stereocenters. The number of carboxylic acid groups (broad SMARTS) is 1. The van der Waals surface area contributed by atoms with Crippen LogP contribution in [0.4, 0.5) is 0 Å². The number of carboxylic acids is 1. The van der Waals surface area contributed by atoms with Crippen LogP contribution in [0.25, 0.3) is 6.08 Å². The molecule has 1 aliphatic heterocycles. The molecule has 1 atom stereocenters. The van der Waals surface area contributed by atoms with Gasteiger partial charge in [-0.3, -0.25) is 14.6 Å². The fourth-order valence-corrected chi connectivity index (χ4v) is 2.14. The van der Waals surface area contributed by atoms with Crippen LogP contribution in [0.3, 0.4) is 0 Å². The quantitative estimate of drug-likeness (QED) is 0.765. The van der Waals surface area contributed by atoms with Gasteiger partial charge in [0.05, 0.1) is 5.92 Å². The van der Waals surface area contributed by atoms with Crippen molar-refractivity contribution in [3.63, 3.8) is 0 Å². The SMILES string of the molecule is NC(=O)C1CCN(C(=O)c2ccc(/C=C/C(=O)O)cn2)C1. The minimum atomic E-state index is -1.05. The summed E-state index contributed by atoms with van der Waals surface area (Å²) in [6.07, 6.45) is 4.38. The molecule has 0 saturated carbocycles. The molecule has 1 aromatic rings. The van der Waals surface area contributed by atoms with Crippen LogP contribution >= 0.6 is 0 Å². The van der Waals surface area contributed by atoms with E-state index in [1.807, 2.05) is 0 Å². The second-order valence-electron chi connectivity index (χ2n) is 4.79. The number of nitrogens with zero attached hydrogens (tertiary/aromatic N) is 2. The molecule has 0 bridgehead atoms. The molecule has 2 heterocycles. The van der Waals surface area contributed by atoms with Crippen molar-refractivity contribution in [3.8, 4) is 0 Å². The second kappa shape index (κ2) is 6.17. The van der Waals surface area contributed by atoms with Crippen molar-refractivity contribution in [2.45, 2.75) is 6.42 Å². The molecule has 1 fully saturated rings. The molecular weight excluding hydrogens is 274 g/mol. The number of hydrogen-bond donors (Lipinski definition) is 2. The lowest BCUT2D eigenvalue weighted by Crippen LogP contribution is -2.32. The zero-order chi connectivity index (χ0) is 15.4. The zero-order valence-corrected chi connectivity index (χ0v) is 11.2. The topological polar surface area (TPSA) is 114 Å². The van der Waals surface area contributed by atoms with Gasteiger partial charge in [0, 0.05) is 25.4 Å². The maximum atomic E-state index is 12.2. The summed E-state index contributed by atoms with van der Waals surface area (Å²) in [7, 11) is 0. The van der Waals surface area contributed by atoms with Crippen molar-refractivity contribution in [3.05, 3.63) is 35.7 Å². The molecule has 0 aliphatic carbocycles. The first-order chi connectivity index (χ1) is 9.97. The molecule has 0 radical (unpaired) electrons. The van der Waals surface area contributed by atoms with Gasteiger partial charge in [-0.05, 0) is 24.1 Å². The third-order valence-corrected chi connectivity index (χ3v) is 3.30. The van der Waals surface area contributed by atoms with Gasteiger partial charge in [-0.15, -0.1) is 0 Å². The molecule has 0 aromatic carbocycles. The number of primary amides is 1. The average Bonchev–Trinajstić information content (AvgIpc) is 2.95. The normalized spacial score (nSPS) is 18.1. The molecule has 110 valence electrons. The summed E-state index contributed by atoms with van der Waals surface area (Å²) in [5, 5.41) is 8.53. The van der Waals surface area contributed by atoms with Gasteiger partial charge in [0.1, 0.15) is 5.69 Å². The Kier molecular flexibility index (Phi) is 4.32. The van der Waals surface area contributed by atoms with Crippen LogP contribution in [0.15, 0.2) is 24.4 Å². The van der Waals surface area contributed by atoms with Crippen molar-refractivity contribution < 1.29 is 19.5 Å². The lowest BCUT2D eigenvalue weighted by molar-refractivity contribution is -0.131. The molecule has 0 spiro atoms. The molecule has 7 heteroatoms. The van der Waals surface area contributed by atoms with Crippen molar-refractivity contribution in [1.82, 2.24) is 9.88 Å². The smallest absolute Gasteiger partial charge is 0.328 e. The molecule has 1 aromatic heterocycles. The summed E-state index contributed by atoms with van der Waals surface area (Å²) >= 11 is 0. The van der Waals surface area contributed by atoms with Gasteiger partial charge in [-0.1, -0.05) is 6.07 Å². The lowest BCUT2D eigenvalue weighted by Gasteiger charge is -2.15. The predicted molar refractivity (Wildman–Crippen MR) is 74.1 cm³/mol. The average molecular weight is 289 g/mol. The van der Waals surface area contributed by atoms with Crippen molar-refractivity contribution in [2.24, 2.45) is 11.7 Å². The third-order valence-electron chi connectivity index (χ3n) is 3.30. The minimum absolute atomic E-state index is 0.257. The van der Waals surface area contributed by atoms with Gasteiger partial charge in [-0.2, -0.15) is 0 Å². The first kappa shape index (κ1) is 14.7. The maximum absolute atomic E-state index is 12.2. The molecule has 3 N–H and O–H groups in total. The number of amides is 2. The summed E-state index contributed by atoms with van der Waals surface area (Å²) in [6.45, 7) is 0.797. The van der Waals surface area contributed by atoms with E-state index in [1.54, 1.807) is 11.0 Å². The fourth-order valence-electron chi connectivity index (χ4n) is 2.14. The predicted octanol–water partition coefficient (Wildman–Crippen LogP) is 0.127. The van der Waals surface area contributed by atoms with Crippen LogP contribution in [0.1, 0.15) is 22.5 Å². The summed E-state index contributed by atoms with van der Waals surface area (Å²) in [5.41, 5.74) is 6.07. The third kappa shape index (κ3) is 3.65. The van der Waals surface area contributed by atoms with Crippen LogP contribution in [0.5, 0.6) is 0 Å². The summed E-state index contributed by atoms with van der Waals surface area (Å²) in [6, 6.07) is 3.14. The largest absolute Gasteiger partial charge is 0.478 e. The summed E-state index contributed by atoms with van der Waals surface area (Å²) < 4.78 is 0. The summed E-state index contributed by atoms with van der Waals surface area (Å²) in [4.78, 5) is 39.2. The monoisotopic (exact) mass is 289 g/mol. The molecule has 1 saturated heterocycles. The number of carbonyl (C=O) groups excluding carboxylic acids is 2. The van der Waals surface area contributed by atoms with E-state index in [-0.39, 0.29) is 17.5 Å². The Balaban J connectivity index is 2.04. The summed E-state index contributed by atoms with van der Waals surface area (Å²) in [5.74, 6) is -2.00. The number of aliphatic carboxylic acids is 1. The van der Waals surface area contributed by atoms with E-state index in [0.29, 0.717) is 25.1 Å². The highest BCUT2D eigenvalue weighted by molar-refractivity contribution is 5.93. The molecule has 7 nitrogen and oxygen atoms in total. The molecular formula is C14H15N3O4. The van der Waals surface area contributed by atoms with Crippen LogP contribution in [-0.4, -0.2) is 45.9 Å². The van der Waals surface area contributed by atoms with Gasteiger partial charge in [0.15, 0.2) is 0 Å². The number of pyridine rings is 1. The molecule has 1 aliphatic rings. The first-order valence-electron chi connectivity index (χ1n) is 6.43. The van der Waals surface area contributed by atoms with Gasteiger partial charge in [-0.25, -0.2) is 4.79 Å². The van der Waals surface area contributed by atoms with Gasteiger partial charge in [0.2, 0.25) is 5.91 Å². The maximum Gasteiger partial charge on any atom is 0.328 e. The van der Waals surface area contributed by atoms with Crippen molar-refractivity contribution >= 4 is 23.9 Å². The Hall–Kier alpha value is -2.70. The number of rotatable bonds is 4. The van der Waals surface area contributed by atoms with E-state index in [0.717, 1.165) is 6.08 Å². The number of aromatic nitrogens is 1. The van der Waals surface area contributed by atoms with Gasteiger partial charge >= 0.3 is 5.97 Å². The highest BCUT2D eigenvalue weighted by Crippen LogP contribution is 2.18. The Morgan fingerprint density at radius 1 is 1.38 bits per heavy atom. The fraction of sp³-hybridized carbons (Fsp3) is 0.286. The van der Waals surface area contributed by atoms with E-state index < -0.39 is 11.9 Å². The molecule has 2 amide bonds. The molecule has 2 rings (SSSR count). The van der Waals surface area contributed by atoms with E-state index in [2.05, 4.69) is 4.98 Å². The van der Waals surface area contributed by atoms with Crippen LogP contribution in [0, 0.1) is 5.92 Å². The Morgan fingerprint density at radius 2 is 2.14 bits per heavy atom. The lowest BCUT2D eigenvalue weighted by atomic mass is 10.1. The first-order valence-corrected chi connectivity index (χ1v) is 6.43. The Labute approximate surface area is 121 Å². The van der Waals surface area contributed by atoms with E-state index in [1.165, 1.54) is 18.3 Å². The second-order valence-corrected chi connectivity index (χ2v) is 4.79. The van der Waals surface area contributed by atoms with E-state index in [4.69, 9.17) is 10.8 Å². The van der Waals surface area contributed by atoms with Crippen LogP contribution in [-0.2, 0) is 9.59 Å². The van der Waals surface area contributed by atoms with Crippen molar-refractivity contribution in [2.75, 3.05) is 13.1 Å². The van der Waals surface area contributed by atoms with Crippen LogP contribution in [0.2, 0.25) is 0 Å². The van der Waals surface area contributed by atoms with Gasteiger partial charge < -0.3 is 15.7 Å². The number of carbonyl (C=O) groups is 3.